The summed E-state index contributed by atoms with van der Waals surface area (Å²) in [5.41, 5.74) is 2.75. The Labute approximate surface area is 163 Å². The fourth-order valence-corrected chi connectivity index (χ4v) is 3.13. The zero-order chi connectivity index (χ0) is 19.2. The van der Waals surface area contributed by atoms with Crippen molar-refractivity contribution in [3.05, 3.63) is 101 Å². The van der Waals surface area contributed by atoms with Gasteiger partial charge < -0.3 is 9.47 Å². The fraction of sp³-hybridized carbons (Fsp3) is 0.130. The van der Waals surface area contributed by atoms with E-state index in [1.165, 1.54) is 12.1 Å². The number of ether oxygens (including phenoxy) is 2. The molecule has 0 N–H and O–H groups in total. The summed E-state index contributed by atoms with van der Waals surface area (Å²) < 4.78 is 24.1. The van der Waals surface area contributed by atoms with Crippen LogP contribution in [0.3, 0.4) is 0 Å². The molecule has 0 fully saturated rings. The molecule has 138 valence electrons. The molecule has 2 nitrogen and oxygen atoms in total. The SMILES string of the molecule is COc1ccc(C(/C=C(\Cl)c2cccc(F)c2)c2ccc(OC)cc2)cc1. The van der Waals surface area contributed by atoms with Crippen molar-refractivity contribution < 1.29 is 13.9 Å². The van der Waals surface area contributed by atoms with Crippen LogP contribution < -0.4 is 9.47 Å². The van der Waals surface area contributed by atoms with Crippen LogP contribution >= 0.6 is 11.6 Å². The number of halogens is 2. The summed E-state index contributed by atoms with van der Waals surface area (Å²) in [7, 11) is 3.27. The van der Waals surface area contributed by atoms with Gasteiger partial charge in [0.2, 0.25) is 0 Å². The molecule has 3 aromatic rings. The van der Waals surface area contributed by atoms with E-state index >= 15 is 0 Å². The molecule has 0 saturated heterocycles. The zero-order valence-corrected chi connectivity index (χ0v) is 15.9. The summed E-state index contributed by atoms with van der Waals surface area (Å²) in [6, 6.07) is 21.9. The lowest BCUT2D eigenvalue weighted by Gasteiger charge is -2.16. The normalized spacial score (nSPS) is 11.5. The second-order valence-corrected chi connectivity index (χ2v) is 6.46. The number of methoxy groups -OCH3 is 2. The molecule has 0 radical (unpaired) electrons. The highest BCUT2D eigenvalue weighted by molar-refractivity contribution is 6.48. The van der Waals surface area contributed by atoms with Crippen LogP contribution in [0, 0.1) is 5.82 Å². The molecule has 0 spiro atoms. The van der Waals surface area contributed by atoms with Crippen LogP contribution in [0.25, 0.3) is 5.03 Å². The number of hydrogen-bond donors (Lipinski definition) is 0. The summed E-state index contributed by atoms with van der Waals surface area (Å²) >= 11 is 6.53. The van der Waals surface area contributed by atoms with Crippen LogP contribution in [-0.4, -0.2) is 14.2 Å². The van der Waals surface area contributed by atoms with E-state index in [2.05, 4.69) is 0 Å². The maximum Gasteiger partial charge on any atom is 0.123 e. The minimum atomic E-state index is -0.315. The van der Waals surface area contributed by atoms with E-state index in [0.717, 1.165) is 22.6 Å². The highest BCUT2D eigenvalue weighted by atomic mass is 35.5. The van der Waals surface area contributed by atoms with E-state index in [1.54, 1.807) is 26.4 Å². The predicted octanol–water partition coefficient (Wildman–Crippen LogP) is 6.25. The molecule has 0 bridgehead atoms. The lowest BCUT2D eigenvalue weighted by molar-refractivity contribution is 0.414. The van der Waals surface area contributed by atoms with Gasteiger partial charge in [0.25, 0.3) is 0 Å². The minimum absolute atomic E-state index is 0.0995. The van der Waals surface area contributed by atoms with Crippen molar-refractivity contribution >= 4 is 16.6 Å². The zero-order valence-electron chi connectivity index (χ0n) is 15.2. The molecule has 0 aliphatic heterocycles. The average Bonchev–Trinajstić information content (AvgIpc) is 2.72. The van der Waals surface area contributed by atoms with Crippen molar-refractivity contribution in [1.82, 2.24) is 0 Å². The van der Waals surface area contributed by atoms with Crippen molar-refractivity contribution in [1.29, 1.82) is 0 Å². The average molecular weight is 383 g/mol. The molecule has 0 saturated carbocycles. The monoisotopic (exact) mass is 382 g/mol. The van der Waals surface area contributed by atoms with Gasteiger partial charge in [0.05, 0.1) is 14.2 Å². The number of hydrogen-bond acceptors (Lipinski definition) is 2. The molecule has 27 heavy (non-hydrogen) atoms. The molecule has 0 atom stereocenters. The Hall–Kier alpha value is -2.78. The Bertz CT molecular complexity index is 870. The third-order valence-corrected chi connectivity index (χ3v) is 4.71. The van der Waals surface area contributed by atoms with Crippen molar-refractivity contribution in [3.8, 4) is 11.5 Å². The van der Waals surface area contributed by atoms with Crippen LogP contribution in [0.2, 0.25) is 0 Å². The van der Waals surface area contributed by atoms with Gasteiger partial charge in [-0.25, -0.2) is 4.39 Å². The lowest BCUT2D eigenvalue weighted by Crippen LogP contribution is -1.99. The van der Waals surface area contributed by atoms with Gasteiger partial charge in [0, 0.05) is 11.0 Å². The molecule has 0 aliphatic rings. The number of benzene rings is 3. The van der Waals surface area contributed by atoms with Gasteiger partial charge in [-0.2, -0.15) is 0 Å². The molecular formula is C23H20ClFO2. The first kappa shape index (κ1) is 19.0. The van der Waals surface area contributed by atoms with E-state index in [1.807, 2.05) is 54.6 Å². The summed E-state index contributed by atoms with van der Waals surface area (Å²) in [4.78, 5) is 0. The Morgan fingerprint density at radius 1 is 0.852 bits per heavy atom. The first-order valence-corrected chi connectivity index (χ1v) is 8.89. The molecule has 3 rings (SSSR count). The van der Waals surface area contributed by atoms with Crippen molar-refractivity contribution in [2.24, 2.45) is 0 Å². The van der Waals surface area contributed by atoms with E-state index < -0.39 is 0 Å². The molecular weight excluding hydrogens is 363 g/mol. The standard InChI is InChI=1S/C23H20ClFO2/c1-26-20-10-6-16(7-11-20)22(17-8-12-21(27-2)13-9-17)15-23(24)18-4-3-5-19(25)14-18/h3-15,22H,1-2H3/b23-15-. The van der Waals surface area contributed by atoms with Crippen LogP contribution in [0.1, 0.15) is 22.6 Å². The van der Waals surface area contributed by atoms with Gasteiger partial charge in [0.15, 0.2) is 0 Å². The van der Waals surface area contributed by atoms with Crippen LogP contribution in [0.5, 0.6) is 11.5 Å². The smallest absolute Gasteiger partial charge is 0.123 e. The minimum Gasteiger partial charge on any atom is -0.497 e. The number of allylic oxidation sites excluding steroid dienone is 1. The first-order valence-electron chi connectivity index (χ1n) is 8.52. The topological polar surface area (TPSA) is 18.5 Å². The highest BCUT2D eigenvalue weighted by Crippen LogP contribution is 2.33. The van der Waals surface area contributed by atoms with Crippen LogP contribution in [0.4, 0.5) is 4.39 Å². The van der Waals surface area contributed by atoms with Crippen LogP contribution in [0.15, 0.2) is 78.9 Å². The largest absolute Gasteiger partial charge is 0.497 e. The Balaban J connectivity index is 2.03. The van der Waals surface area contributed by atoms with Gasteiger partial charge >= 0.3 is 0 Å². The summed E-state index contributed by atoms with van der Waals surface area (Å²) in [5.74, 6) is 1.15. The van der Waals surface area contributed by atoms with E-state index in [4.69, 9.17) is 21.1 Å². The molecule has 0 aliphatic carbocycles. The second-order valence-electron chi connectivity index (χ2n) is 6.05. The lowest BCUT2D eigenvalue weighted by atomic mass is 9.90. The summed E-state index contributed by atoms with van der Waals surface area (Å²) in [6.45, 7) is 0. The number of rotatable bonds is 6. The van der Waals surface area contributed by atoms with Crippen molar-refractivity contribution in [2.45, 2.75) is 5.92 Å². The Morgan fingerprint density at radius 3 is 1.81 bits per heavy atom. The van der Waals surface area contributed by atoms with Gasteiger partial charge in [-0.15, -0.1) is 0 Å². The molecule has 4 heteroatoms. The Kier molecular flexibility index (Phi) is 6.15. The van der Waals surface area contributed by atoms with Gasteiger partial charge in [-0.05, 0) is 53.1 Å². The third-order valence-electron chi connectivity index (χ3n) is 4.36. The van der Waals surface area contributed by atoms with Crippen molar-refractivity contribution in [3.63, 3.8) is 0 Å². The maximum absolute atomic E-state index is 13.6. The van der Waals surface area contributed by atoms with E-state index in [-0.39, 0.29) is 11.7 Å². The molecule has 0 unspecified atom stereocenters. The molecule has 0 aromatic heterocycles. The third kappa shape index (κ3) is 4.69. The highest BCUT2D eigenvalue weighted by Gasteiger charge is 2.14. The van der Waals surface area contributed by atoms with E-state index in [9.17, 15) is 4.39 Å². The Morgan fingerprint density at radius 2 is 1.37 bits per heavy atom. The summed E-state index contributed by atoms with van der Waals surface area (Å²) in [6.07, 6.45) is 1.93. The molecule has 3 aromatic carbocycles. The van der Waals surface area contributed by atoms with Gasteiger partial charge in [-0.3, -0.25) is 0 Å². The van der Waals surface area contributed by atoms with Crippen LogP contribution in [-0.2, 0) is 0 Å². The predicted molar refractivity (Wildman–Crippen MR) is 108 cm³/mol. The fourth-order valence-electron chi connectivity index (χ4n) is 2.89. The molecule has 0 heterocycles. The van der Waals surface area contributed by atoms with E-state index in [0.29, 0.717) is 10.6 Å². The van der Waals surface area contributed by atoms with Crippen molar-refractivity contribution in [2.75, 3.05) is 14.2 Å². The summed E-state index contributed by atoms with van der Waals surface area (Å²) in [5, 5.41) is 0.492. The quantitative estimate of drug-likeness (QED) is 0.501. The second kappa shape index (κ2) is 8.74. The molecule has 0 amide bonds. The first-order chi connectivity index (χ1) is 13.1. The van der Waals surface area contributed by atoms with Gasteiger partial charge in [-0.1, -0.05) is 54.1 Å². The maximum atomic E-state index is 13.6. The van der Waals surface area contributed by atoms with Gasteiger partial charge in [0.1, 0.15) is 17.3 Å².